The number of hydrogen-bond donors (Lipinski definition) is 1. The van der Waals surface area contributed by atoms with Crippen molar-refractivity contribution in [2.75, 3.05) is 26.1 Å². The molecule has 2 aromatic rings. The molecule has 2 amide bonds. The van der Waals surface area contributed by atoms with Gasteiger partial charge in [-0.05, 0) is 24.5 Å². The highest BCUT2D eigenvalue weighted by Gasteiger charge is 2.35. The minimum Gasteiger partial charge on any atom is -0.495 e. The van der Waals surface area contributed by atoms with E-state index < -0.39 is 12.1 Å². The molecule has 3 rings (SSSR count). The normalized spacial score (nSPS) is 15.7. The van der Waals surface area contributed by atoms with Gasteiger partial charge in [0, 0.05) is 12.6 Å². The van der Waals surface area contributed by atoms with Crippen LogP contribution < -0.4 is 14.8 Å². The van der Waals surface area contributed by atoms with Crippen molar-refractivity contribution in [3.05, 3.63) is 53.1 Å². The van der Waals surface area contributed by atoms with Gasteiger partial charge in [0.15, 0.2) is 0 Å². The molecular weight excluding hydrogens is 396 g/mol. The molecule has 1 aliphatic rings. The Hall–Kier alpha value is -2.93. The van der Waals surface area contributed by atoms with Gasteiger partial charge in [-0.3, -0.25) is 9.69 Å². The SMILES string of the molecule is COc1cc(OC)c(NC(=O)[C@H]2CCCN2C(=O)OCc2ccccc2)cc1Cl. The number of methoxy groups -OCH3 is 2. The molecule has 0 aromatic heterocycles. The van der Waals surface area contributed by atoms with Crippen molar-refractivity contribution in [1.82, 2.24) is 4.90 Å². The number of anilines is 1. The summed E-state index contributed by atoms with van der Waals surface area (Å²) in [5.74, 6) is 0.531. The van der Waals surface area contributed by atoms with Gasteiger partial charge in [0.1, 0.15) is 24.1 Å². The average molecular weight is 419 g/mol. The first-order chi connectivity index (χ1) is 14.0. The van der Waals surface area contributed by atoms with Crippen LogP contribution in [0.2, 0.25) is 5.02 Å². The summed E-state index contributed by atoms with van der Waals surface area (Å²) in [7, 11) is 2.98. The molecule has 0 radical (unpaired) electrons. The summed E-state index contributed by atoms with van der Waals surface area (Å²) in [6.07, 6.45) is 0.767. The standard InChI is InChI=1S/C21H23ClN2O5/c1-27-18-12-19(28-2)16(11-15(18)22)23-20(25)17-9-6-10-24(17)21(26)29-13-14-7-4-3-5-8-14/h3-5,7-8,11-12,17H,6,9-10,13H2,1-2H3,(H,23,25)/t17-/m1/s1. The second kappa shape index (κ2) is 9.52. The van der Waals surface area contributed by atoms with Crippen molar-refractivity contribution in [2.45, 2.75) is 25.5 Å². The van der Waals surface area contributed by atoms with Gasteiger partial charge >= 0.3 is 6.09 Å². The molecule has 0 aliphatic carbocycles. The van der Waals surface area contributed by atoms with Crippen LogP contribution in [0.3, 0.4) is 0 Å². The van der Waals surface area contributed by atoms with E-state index in [4.69, 9.17) is 25.8 Å². The topological polar surface area (TPSA) is 77.1 Å². The van der Waals surface area contributed by atoms with Gasteiger partial charge in [-0.15, -0.1) is 0 Å². The van der Waals surface area contributed by atoms with Crippen LogP contribution in [-0.4, -0.2) is 43.7 Å². The van der Waals surface area contributed by atoms with E-state index in [0.717, 1.165) is 12.0 Å². The lowest BCUT2D eigenvalue weighted by Crippen LogP contribution is -2.43. The van der Waals surface area contributed by atoms with E-state index in [2.05, 4.69) is 5.32 Å². The fraction of sp³-hybridized carbons (Fsp3) is 0.333. The second-order valence-electron chi connectivity index (χ2n) is 6.57. The lowest BCUT2D eigenvalue weighted by atomic mass is 10.2. The van der Waals surface area contributed by atoms with Crippen molar-refractivity contribution in [3.63, 3.8) is 0 Å². The smallest absolute Gasteiger partial charge is 0.410 e. The minimum absolute atomic E-state index is 0.159. The van der Waals surface area contributed by atoms with Gasteiger partial charge in [-0.2, -0.15) is 0 Å². The predicted molar refractivity (Wildman–Crippen MR) is 110 cm³/mol. The molecule has 29 heavy (non-hydrogen) atoms. The summed E-state index contributed by atoms with van der Waals surface area (Å²) in [5.41, 5.74) is 1.30. The maximum Gasteiger partial charge on any atom is 0.410 e. The number of amides is 2. The third-order valence-corrected chi connectivity index (χ3v) is 5.02. The fourth-order valence-electron chi connectivity index (χ4n) is 3.23. The van der Waals surface area contributed by atoms with Gasteiger partial charge in [0.2, 0.25) is 5.91 Å². The monoisotopic (exact) mass is 418 g/mol. The Morgan fingerprint density at radius 3 is 2.55 bits per heavy atom. The molecule has 2 aromatic carbocycles. The van der Waals surface area contributed by atoms with Gasteiger partial charge in [-0.1, -0.05) is 41.9 Å². The highest BCUT2D eigenvalue weighted by molar-refractivity contribution is 6.32. The Labute approximate surface area is 174 Å². The zero-order valence-corrected chi connectivity index (χ0v) is 17.1. The molecule has 1 atom stereocenters. The van der Waals surface area contributed by atoms with Crippen LogP contribution in [0.5, 0.6) is 11.5 Å². The summed E-state index contributed by atoms with van der Waals surface area (Å²) in [5, 5.41) is 3.14. The van der Waals surface area contributed by atoms with E-state index in [1.54, 1.807) is 12.1 Å². The summed E-state index contributed by atoms with van der Waals surface area (Å²) in [6, 6.07) is 11.9. The molecule has 1 heterocycles. The first kappa shape index (κ1) is 20.8. The zero-order valence-electron chi connectivity index (χ0n) is 16.3. The van der Waals surface area contributed by atoms with E-state index in [0.29, 0.717) is 35.2 Å². The van der Waals surface area contributed by atoms with E-state index >= 15 is 0 Å². The third-order valence-electron chi connectivity index (χ3n) is 4.73. The number of ether oxygens (including phenoxy) is 3. The highest BCUT2D eigenvalue weighted by atomic mass is 35.5. The fourth-order valence-corrected chi connectivity index (χ4v) is 3.47. The number of nitrogens with zero attached hydrogens (tertiary/aromatic N) is 1. The van der Waals surface area contributed by atoms with Crippen molar-refractivity contribution in [2.24, 2.45) is 0 Å². The number of hydrogen-bond acceptors (Lipinski definition) is 5. The Morgan fingerprint density at radius 1 is 1.14 bits per heavy atom. The van der Waals surface area contributed by atoms with Gasteiger partial charge in [0.25, 0.3) is 0 Å². The molecule has 0 bridgehead atoms. The van der Waals surface area contributed by atoms with Crippen LogP contribution in [0.4, 0.5) is 10.5 Å². The molecule has 1 fully saturated rings. The number of carbonyl (C=O) groups is 2. The van der Waals surface area contributed by atoms with Crippen molar-refractivity contribution in [1.29, 1.82) is 0 Å². The maximum absolute atomic E-state index is 12.8. The first-order valence-electron chi connectivity index (χ1n) is 9.23. The van der Waals surface area contributed by atoms with Crippen LogP contribution in [0.25, 0.3) is 0 Å². The van der Waals surface area contributed by atoms with Gasteiger partial charge in [-0.25, -0.2) is 4.79 Å². The average Bonchev–Trinajstić information content (AvgIpc) is 3.23. The Balaban J connectivity index is 1.67. The summed E-state index contributed by atoms with van der Waals surface area (Å²) >= 11 is 6.16. The summed E-state index contributed by atoms with van der Waals surface area (Å²) in [6.45, 7) is 0.624. The summed E-state index contributed by atoms with van der Waals surface area (Å²) in [4.78, 5) is 26.8. The number of carbonyl (C=O) groups excluding carboxylic acids is 2. The molecular formula is C21H23ClN2O5. The molecule has 1 aliphatic heterocycles. The van der Waals surface area contributed by atoms with Crippen molar-refractivity contribution in [3.8, 4) is 11.5 Å². The number of benzene rings is 2. The van der Waals surface area contributed by atoms with E-state index in [-0.39, 0.29) is 12.5 Å². The lowest BCUT2D eigenvalue weighted by Gasteiger charge is -2.24. The molecule has 154 valence electrons. The Kier molecular flexibility index (Phi) is 6.82. The minimum atomic E-state index is -0.621. The molecule has 0 unspecified atom stereocenters. The van der Waals surface area contributed by atoms with Crippen LogP contribution in [0.1, 0.15) is 18.4 Å². The lowest BCUT2D eigenvalue weighted by molar-refractivity contribution is -0.120. The van der Waals surface area contributed by atoms with E-state index in [1.807, 2.05) is 30.3 Å². The van der Waals surface area contributed by atoms with Crippen LogP contribution in [0, 0.1) is 0 Å². The first-order valence-corrected chi connectivity index (χ1v) is 9.61. The Bertz CT molecular complexity index is 875. The largest absolute Gasteiger partial charge is 0.495 e. The Morgan fingerprint density at radius 2 is 1.86 bits per heavy atom. The number of rotatable bonds is 6. The predicted octanol–water partition coefficient (Wildman–Crippen LogP) is 4.10. The molecule has 8 heteroatoms. The number of nitrogens with one attached hydrogen (secondary N) is 1. The second-order valence-corrected chi connectivity index (χ2v) is 6.98. The molecule has 1 N–H and O–H groups in total. The number of halogens is 1. The van der Waals surface area contributed by atoms with E-state index in [1.165, 1.54) is 19.1 Å². The molecule has 0 spiro atoms. The van der Waals surface area contributed by atoms with Crippen LogP contribution in [-0.2, 0) is 16.1 Å². The van der Waals surface area contributed by atoms with Gasteiger partial charge in [0.05, 0.1) is 24.9 Å². The van der Waals surface area contributed by atoms with Crippen molar-refractivity contribution < 1.29 is 23.8 Å². The van der Waals surface area contributed by atoms with E-state index in [9.17, 15) is 9.59 Å². The number of likely N-dealkylation sites (tertiary alicyclic amines) is 1. The maximum atomic E-state index is 12.8. The van der Waals surface area contributed by atoms with Crippen LogP contribution >= 0.6 is 11.6 Å². The van der Waals surface area contributed by atoms with Crippen LogP contribution in [0.15, 0.2) is 42.5 Å². The highest BCUT2D eigenvalue weighted by Crippen LogP contribution is 2.36. The zero-order chi connectivity index (χ0) is 20.8. The summed E-state index contributed by atoms with van der Waals surface area (Å²) < 4.78 is 15.9. The van der Waals surface area contributed by atoms with Gasteiger partial charge < -0.3 is 19.5 Å². The quantitative estimate of drug-likeness (QED) is 0.764. The molecule has 7 nitrogen and oxygen atoms in total. The molecule has 1 saturated heterocycles. The third kappa shape index (κ3) is 4.92. The molecule has 0 saturated carbocycles. The van der Waals surface area contributed by atoms with Crippen molar-refractivity contribution >= 4 is 29.3 Å².